The van der Waals surface area contributed by atoms with Gasteiger partial charge in [0.05, 0.1) is 25.5 Å². The summed E-state index contributed by atoms with van der Waals surface area (Å²) in [4.78, 5) is 12.0. The minimum absolute atomic E-state index is 0.456. The second kappa shape index (κ2) is 8.40. The van der Waals surface area contributed by atoms with E-state index < -0.39 is 5.91 Å². The minimum Gasteiger partial charge on any atom is -0.497 e. The van der Waals surface area contributed by atoms with Crippen molar-refractivity contribution in [2.24, 2.45) is 5.73 Å². The molecule has 1 aromatic heterocycles. The van der Waals surface area contributed by atoms with Crippen molar-refractivity contribution < 1.29 is 14.3 Å². The molecule has 0 fully saturated rings. The van der Waals surface area contributed by atoms with Crippen molar-refractivity contribution in [3.8, 4) is 22.8 Å². The van der Waals surface area contributed by atoms with Crippen molar-refractivity contribution in [3.63, 3.8) is 0 Å². The fourth-order valence-electron chi connectivity index (χ4n) is 3.35. The summed E-state index contributed by atoms with van der Waals surface area (Å²) in [5.41, 5.74) is 9.71. The van der Waals surface area contributed by atoms with Gasteiger partial charge in [0.1, 0.15) is 11.5 Å². The van der Waals surface area contributed by atoms with Crippen LogP contribution in [0.15, 0.2) is 48.5 Å². The molecule has 1 amide bonds. The van der Waals surface area contributed by atoms with E-state index in [9.17, 15) is 4.79 Å². The standard InChI is InChI=1S/C22H23ClN2O3/c1-14-18(22(24)26)13-20(19-12-17(27-2)7-8-21(19)28-3)25(14)10-9-15-5-4-6-16(23)11-15/h4-8,11-13H,9-10H2,1-3H3,(H2,24,26). The number of nitrogens with two attached hydrogens (primary N) is 1. The summed E-state index contributed by atoms with van der Waals surface area (Å²) in [6.45, 7) is 2.56. The lowest BCUT2D eigenvalue weighted by atomic mass is 10.1. The number of benzene rings is 2. The maximum absolute atomic E-state index is 12.0. The summed E-state index contributed by atoms with van der Waals surface area (Å²) in [6.07, 6.45) is 0.758. The zero-order valence-corrected chi connectivity index (χ0v) is 16.9. The first-order valence-electron chi connectivity index (χ1n) is 8.91. The van der Waals surface area contributed by atoms with Crippen molar-refractivity contribution in [1.29, 1.82) is 0 Å². The quantitative estimate of drug-likeness (QED) is 0.638. The Hall–Kier alpha value is -2.92. The first-order valence-corrected chi connectivity index (χ1v) is 9.29. The predicted molar refractivity (Wildman–Crippen MR) is 111 cm³/mol. The van der Waals surface area contributed by atoms with Gasteiger partial charge in [-0.05, 0) is 55.3 Å². The monoisotopic (exact) mass is 398 g/mol. The number of carbonyl (C=O) groups excluding carboxylic acids is 1. The highest BCUT2D eigenvalue weighted by atomic mass is 35.5. The topological polar surface area (TPSA) is 66.5 Å². The molecule has 0 unspecified atom stereocenters. The van der Waals surface area contributed by atoms with E-state index in [1.54, 1.807) is 14.2 Å². The molecule has 0 spiro atoms. The molecule has 0 bridgehead atoms. The summed E-state index contributed by atoms with van der Waals surface area (Å²) in [5, 5.41) is 0.703. The van der Waals surface area contributed by atoms with E-state index in [1.165, 1.54) is 0 Å². The molecule has 6 heteroatoms. The number of nitrogens with zero attached hydrogens (tertiary/aromatic N) is 1. The van der Waals surface area contributed by atoms with Crippen LogP contribution in [0.1, 0.15) is 21.6 Å². The Labute approximate surface area is 169 Å². The molecule has 5 nitrogen and oxygen atoms in total. The fourth-order valence-corrected chi connectivity index (χ4v) is 3.57. The Morgan fingerprint density at radius 2 is 1.89 bits per heavy atom. The summed E-state index contributed by atoms with van der Waals surface area (Å²) in [5.74, 6) is 0.942. The third kappa shape index (κ3) is 3.99. The van der Waals surface area contributed by atoms with Crippen LogP contribution in [0.25, 0.3) is 11.3 Å². The van der Waals surface area contributed by atoms with E-state index in [-0.39, 0.29) is 0 Å². The van der Waals surface area contributed by atoms with Gasteiger partial charge in [-0.15, -0.1) is 0 Å². The van der Waals surface area contributed by atoms with Crippen molar-refractivity contribution in [2.75, 3.05) is 14.2 Å². The zero-order valence-electron chi connectivity index (χ0n) is 16.2. The van der Waals surface area contributed by atoms with E-state index in [0.29, 0.717) is 28.6 Å². The van der Waals surface area contributed by atoms with Gasteiger partial charge in [0, 0.05) is 22.8 Å². The van der Waals surface area contributed by atoms with E-state index in [0.717, 1.165) is 28.9 Å². The van der Waals surface area contributed by atoms with Crippen LogP contribution < -0.4 is 15.2 Å². The third-order valence-corrected chi connectivity index (χ3v) is 5.06. The van der Waals surface area contributed by atoms with Crippen molar-refractivity contribution in [1.82, 2.24) is 4.57 Å². The first kappa shape index (κ1) is 19.8. The maximum Gasteiger partial charge on any atom is 0.250 e. The highest BCUT2D eigenvalue weighted by Gasteiger charge is 2.19. The lowest BCUT2D eigenvalue weighted by Gasteiger charge is -2.15. The molecule has 3 rings (SSSR count). The molecular formula is C22H23ClN2O3. The normalized spacial score (nSPS) is 10.7. The van der Waals surface area contributed by atoms with Crippen LogP contribution in [0.5, 0.6) is 11.5 Å². The molecule has 0 aliphatic heterocycles. The van der Waals surface area contributed by atoms with E-state index in [4.69, 9.17) is 26.8 Å². The molecule has 3 aromatic rings. The van der Waals surface area contributed by atoms with Gasteiger partial charge in [0.2, 0.25) is 0 Å². The number of aromatic nitrogens is 1. The maximum atomic E-state index is 12.0. The van der Waals surface area contributed by atoms with Crippen LogP contribution in [0.2, 0.25) is 5.02 Å². The molecule has 28 heavy (non-hydrogen) atoms. The first-order chi connectivity index (χ1) is 13.4. The smallest absolute Gasteiger partial charge is 0.250 e. The van der Waals surface area contributed by atoms with Crippen molar-refractivity contribution in [3.05, 3.63) is 70.4 Å². The molecule has 1 heterocycles. The Kier molecular flexibility index (Phi) is 5.95. The summed E-state index contributed by atoms with van der Waals surface area (Å²) >= 11 is 6.11. The number of amides is 1. The second-order valence-electron chi connectivity index (χ2n) is 6.49. The lowest BCUT2D eigenvalue weighted by molar-refractivity contribution is 0.0999. The lowest BCUT2D eigenvalue weighted by Crippen LogP contribution is -2.13. The number of aryl methyl sites for hydroxylation is 1. The van der Waals surface area contributed by atoms with Gasteiger partial charge < -0.3 is 19.8 Å². The largest absolute Gasteiger partial charge is 0.497 e. The number of ether oxygens (including phenoxy) is 2. The average molecular weight is 399 g/mol. The highest BCUT2D eigenvalue weighted by Crippen LogP contribution is 2.36. The Morgan fingerprint density at radius 1 is 1.11 bits per heavy atom. The van der Waals surface area contributed by atoms with Crippen molar-refractivity contribution in [2.45, 2.75) is 19.9 Å². The Morgan fingerprint density at radius 3 is 2.54 bits per heavy atom. The molecule has 0 saturated heterocycles. The number of rotatable bonds is 7. The van der Waals surface area contributed by atoms with E-state index in [2.05, 4.69) is 4.57 Å². The zero-order chi connectivity index (χ0) is 20.3. The molecule has 146 valence electrons. The molecule has 0 aliphatic rings. The van der Waals surface area contributed by atoms with Gasteiger partial charge in [-0.1, -0.05) is 23.7 Å². The average Bonchev–Trinajstić information content (AvgIpc) is 3.02. The Bertz CT molecular complexity index is 1010. The van der Waals surface area contributed by atoms with E-state index in [1.807, 2.05) is 55.5 Å². The summed E-state index contributed by atoms with van der Waals surface area (Å²) < 4.78 is 13.0. The second-order valence-corrected chi connectivity index (χ2v) is 6.93. The molecule has 0 saturated carbocycles. The van der Waals surface area contributed by atoms with Gasteiger partial charge in [0.25, 0.3) is 5.91 Å². The highest BCUT2D eigenvalue weighted by molar-refractivity contribution is 6.30. The number of hydrogen-bond acceptors (Lipinski definition) is 3. The van der Waals surface area contributed by atoms with Crippen LogP contribution in [0.3, 0.4) is 0 Å². The number of methoxy groups -OCH3 is 2. The van der Waals surface area contributed by atoms with Crippen LogP contribution in [0.4, 0.5) is 0 Å². The third-order valence-electron chi connectivity index (χ3n) is 4.83. The number of halogens is 1. The minimum atomic E-state index is -0.456. The van der Waals surface area contributed by atoms with E-state index >= 15 is 0 Å². The molecule has 2 N–H and O–H groups in total. The fraction of sp³-hybridized carbons (Fsp3) is 0.227. The van der Waals surface area contributed by atoms with Gasteiger partial charge in [-0.2, -0.15) is 0 Å². The molecule has 2 aromatic carbocycles. The van der Waals surface area contributed by atoms with Crippen LogP contribution >= 0.6 is 11.6 Å². The Balaban J connectivity index is 2.08. The number of hydrogen-bond donors (Lipinski definition) is 1. The van der Waals surface area contributed by atoms with Gasteiger partial charge in [0.15, 0.2) is 0 Å². The molecule has 0 aliphatic carbocycles. The van der Waals surface area contributed by atoms with Crippen LogP contribution in [-0.2, 0) is 13.0 Å². The summed E-state index contributed by atoms with van der Waals surface area (Å²) in [6, 6.07) is 15.2. The SMILES string of the molecule is COc1ccc(OC)c(-c2cc(C(N)=O)c(C)n2CCc2cccc(Cl)c2)c1. The molecular weight excluding hydrogens is 376 g/mol. The van der Waals surface area contributed by atoms with Gasteiger partial charge >= 0.3 is 0 Å². The van der Waals surface area contributed by atoms with Crippen LogP contribution in [0, 0.1) is 6.92 Å². The number of primary amides is 1. The predicted octanol–water partition coefficient (Wildman–Crippen LogP) is 4.48. The molecule has 0 radical (unpaired) electrons. The van der Waals surface area contributed by atoms with Gasteiger partial charge in [-0.3, -0.25) is 4.79 Å². The summed E-state index contributed by atoms with van der Waals surface area (Å²) in [7, 11) is 3.23. The molecule has 0 atom stereocenters. The van der Waals surface area contributed by atoms with Crippen LogP contribution in [-0.4, -0.2) is 24.7 Å². The number of carbonyl (C=O) groups is 1. The van der Waals surface area contributed by atoms with Crippen molar-refractivity contribution >= 4 is 17.5 Å². The van der Waals surface area contributed by atoms with Gasteiger partial charge in [-0.25, -0.2) is 0 Å².